The SMILES string of the molecule is CCn1cc(C(=O)O)c(=O)c2c1N=C(C)CC2. The predicted molar refractivity (Wildman–Crippen MR) is 64.4 cm³/mol. The Kier molecular flexibility index (Phi) is 2.83. The summed E-state index contributed by atoms with van der Waals surface area (Å²) in [6.45, 7) is 4.41. The Labute approximate surface area is 98.4 Å². The summed E-state index contributed by atoms with van der Waals surface area (Å²) in [6.07, 6.45) is 2.67. The Hall–Kier alpha value is -1.91. The number of carboxylic acids is 1. The minimum atomic E-state index is -1.17. The lowest BCUT2D eigenvalue weighted by atomic mass is 10.0. The largest absolute Gasteiger partial charge is 0.477 e. The van der Waals surface area contributed by atoms with Crippen LogP contribution < -0.4 is 5.43 Å². The van der Waals surface area contributed by atoms with Gasteiger partial charge in [0.2, 0.25) is 5.43 Å². The monoisotopic (exact) mass is 234 g/mol. The van der Waals surface area contributed by atoms with Crippen LogP contribution in [0.2, 0.25) is 0 Å². The van der Waals surface area contributed by atoms with Crippen LogP contribution in [0.15, 0.2) is 16.0 Å². The van der Waals surface area contributed by atoms with Crippen molar-refractivity contribution in [1.29, 1.82) is 0 Å². The number of aromatic carboxylic acids is 1. The van der Waals surface area contributed by atoms with Crippen LogP contribution in [0.5, 0.6) is 0 Å². The average Bonchev–Trinajstić information content (AvgIpc) is 2.29. The Morgan fingerprint density at radius 3 is 2.82 bits per heavy atom. The first kappa shape index (κ1) is 11.6. The first-order valence-electron chi connectivity index (χ1n) is 5.58. The van der Waals surface area contributed by atoms with Gasteiger partial charge in [-0.05, 0) is 26.7 Å². The molecule has 1 aliphatic rings. The molecular weight excluding hydrogens is 220 g/mol. The van der Waals surface area contributed by atoms with Crippen molar-refractivity contribution in [2.24, 2.45) is 4.99 Å². The maximum Gasteiger partial charge on any atom is 0.341 e. The summed E-state index contributed by atoms with van der Waals surface area (Å²) in [5.74, 6) is -0.558. The lowest BCUT2D eigenvalue weighted by Crippen LogP contribution is -2.24. The molecule has 0 atom stereocenters. The number of hydrogen-bond donors (Lipinski definition) is 1. The number of nitrogens with zero attached hydrogens (tertiary/aromatic N) is 2. The van der Waals surface area contributed by atoms with Crippen molar-refractivity contribution < 1.29 is 9.90 Å². The number of rotatable bonds is 2. The molecule has 2 heterocycles. The minimum Gasteiger partial charge on any atom is -0.477 e. The first-order chi connectivity index (χ1) is 8.04. The van der Waals surface area contributed by atoms with Crippen molar-refractivity contribution in [2.45, 2.75) is 33.2 Å². The van der Waals surface area contributed by atoms with Gasteiger partial charge in [-0.25, -0.2) is 9.79 Å². The molecule has 0 spiro atoms. The highest BCUT2D eigenvalue weighted by Gasteiger charge is 2.21. The third kappa shape index (κ3) is 1.88. The molecule has 5 heteroatoms. The van der Waals surface area contributed by atoms with E-state index in [0.717, 1.165) is 12.1 Å². The predicted octanol–water partition coefficient (Wildman–Crippen LogP) is 1.61. The number of fused-ring (bicyclic) bond motifs is 1. The van der Waals surface area contributed by atoms with Gasteiger partial charge in [0, 0.05) is 24.0 Å². The van der Waals surface area contributed by atoms with Gasteiger partial charge in [-0.3, -0.25) is 4.79 Å². The number of carboxylic acid groups (broad SMARTS) is 1. The molecule has 2 rings (SSSR count). The number of carbonyl (C=O) groups is 1. The van der Waals surface area contributed by atoms with Gasteiger partial charge in [0.05, 0.1) is 0 Å². The van der Waals surface area contributed by atoms with Crippen LogP contribution in [0.1, 0.15) is 36.2 Å². The van der Waals surface area contributed by atoms with Crippen LogP contribution >= 0.6 is 0 Å². The number of aromatic nitrogens is 1. The Balaban J connectivity index is 2.77. The van der Waals surface area contributed by atoms with E-state index in [1.807, 2.05) is 13.8 Å². The lowest BCUT2D eigenvalue weighted by Gasteiger charge is -2.18. The third-order valence-corrected chi connectivity index (χ3v) is 2.95. The summed E-state index contributed by atoms with van der Waals surface area (Å²) in [5, 5.41) is 8.99. The molecule has 1 aliphatic heterocycles. The molecule has 1 N–H and O–H groups in total. The van der Waals surface area contributed by atoms with Gasteiger partial charge < -0.3 is 9.67 Å². The fraction of sp³-hybridized carbons (Fsp3) is 0.417. The molecule has 17 heavy (non-hydrogen) atoms. The van der Waals surface area contributed by atoms with Gasteiger partial charge in [0.25, 0.3) is 0 Å². The van der Waals surface area contributed by atoms with E-state index in [2.05, 4.69) is 4.99 Å². The molecule has 0 aromatic carbocycles. The Morgan fingerprint density at radius 1 is 1.53 bits per heavy atom. The van der Waals surface area contributed by atoms with E-state index in [-0.39, 0.29) is 5.56 Å². The molecule has 0 fully saturated rings. The second-order valence-electron chi connectivity index (χ2n) is 4.11. The van der Waals surface area contributed by atoms with E-state index >= 15 is 0 Å². The maximum absolute atomic E-state index is 12.0. The lowest BCUT2D eigenvalue weighted by molar-refractivity contribution is 0.0694. The Morgan fingerprint density at radius 2 is 2.24 bits per heavy atom. The summed E-state index contributed by atoms with van der Waals surface area (Å²) < 4.78 is 1.73. The molecule has 0 saturated carbocycles. The van der Waals surface area contributed by atoms with E-state index in [4.69, 9.17) is 5.11 Å². The normalized spacial score (nSPS) is 14.1. The van der Waals surface area contributed by atoms with Crippen LogP contribution in [0.3, 0.4) is 0 Å². The molecule has 1 aromatic rings. The van der Waals surface area contributed by atoms with Crippen LogP contribution in [0.25, 0.3) is 0 Å². The van der Waals surface area contributed by atoms with Gasteiger partial charge in [-0.1, -0.05) is 0 Å². The zero-order valence-electron chi connectivity index (χ0n) is 9.86. The zero-order chi connectivity index (χ0) is 12.6. The van der Waals surface area contributed by atoms with Crippen molar-refractivity contribution in [1.82, 2.24) is 4.57 Å². The number of hydrogen-bond acceptors (Lipinski definition) is 3. The fourth-order valence-corrected chi connectivity index (χ4v) is 2.01. The van der Waals surface area contributed by atoms with Crippen LogP contribution in [0, 0.1) is 0 Å². The van der Waals surface area contributed by atoms with E-state index < -0.39 is 11.4 Å². The highest BCUT2D eigenvalue weighted by atomic mass is 16.4. The average molecular weight is 234 g/mol. The Bertz CT molecular complexity index is 570. The summed E-state index contributed by atoms with van der Waals surface area (Å²) >= 11 is 0. The van der Waals surface area contributed by atoms with Gasteiger partial charge in [0.15, 0.2) is 0 Å². The molecular formula is C12H14N2O3. The second-order valence-corrected chi connectivity index (χ2v) is 4.11. The highest BCUT2D eigenvalue weighted by Crippen LogP contribution is 2.23. The number of aryl methyl sites for hydroxylation is 1. The van der Waals surface area contributed by atoms with Crippen molar-refractivity contribution >= 4 is 17.5 Å². The van der Waals surface area contributed by atoms with Crippen LogP contribution in [-0.2, 0) is 13.0 Å². The molecule has 0 aliphatic carbocycles. The van der Waals surface area contributed by atoms with E-state index in [0.29, 0.717) is 24.3 Å². The quantitative estimate of drug-likeness (QED) is 0.844. The van der Waals surface area contributed by atoms with Crippen molar-refractivity contribution in [3.63, 3.8) is 0 Å². The molecule has 0 saturated heterocycles. The minimum absolute atomic E-state index is 0.166. The van der Waals surface area contributed by atoms with Gasteiger partial charge >= 0.3 is 5.97 Å². The molecule has 5 nitrogen and oxygen atoms in total. The summed E-state index contributed by atoms with van der Waals surface area (Å²) in [5.41, 5.74) is 0.938. The smallest absolute Gasteiger partial charge is 0.341 e. The van der Waals surface area contributed by atoms with Crippen molar-refractivity contribution in [3.8, 4) is 0 Å². The zero-order valence-corrected chi connectivity index (χ0v) is 9.86. The fourth-order valence-electron chi connectivity index (χ4n) is 2.01. The van der Waals surface area contributed by atoms with E-state index in [9.17, 15) is 9.59 Å². The van der Waals surface area contributed by atoms with Gasteiger partial charge in [-0.15, -0.1) is 0 Å². The summed E-state index contributed by atoms with van der Waals surface area (Å²) in [6, 6.07) is 0. The summed E-state index contributed by atoms with van der Waals surface area (Å²) in [7, 11) is 0. The standard InChI is InChI=1S/C12H14N2O3/c1-3-14-6-9(12(16)17)10(15)8-5-4-7(2)13-11(8)14/h6H,3-5H2,1-2H3,(H,16,17). The molecule has 0 unspecified atom stereocenters. The van der Waals surface area contributed by atoms with Crippen LogP contribution in [0.4, 0.5) is 5.82 Å². The summed E-state index contributed by atoms with van der Waals surface area (Å²) in [4.78, 5) is 27.3. The molecule has 1 aromatic heterocycles. The molecule has 90 valence electrons. The first-order valence-corrected chi connectivity index (χ1v) is 5.58. The molecule has 0 amide bonds. The molecule has 0 radical (unpaired) electrons. The molecule has 0 bridgehead atoms. The highest BCUT2D eigenvalue weighted by molar-refractivity contribution is 5.90. The topological polar surface area (TPSA) is 71.7 Å². The second kappa shape index (κ2) is 4.16. The van der Waals surface area contributed by atoms with Crippen LogP contribution in [-0.4, -0.2) is 21.4 Å². The number of aliphatic imine (C=N–C) groups is 1. The van der Waals surface area contributed by atoms with Crippen molar-refractivity contribution in [3.05, 3.63) is 27.5 Å². The van der Waals surface area contributed by atoms with E-state index in [1.165, 1.54) is 6.20 Å². The van der Waals surface area contributed by atoms with Crippen molar-refractivity contribution in [2.75, 3.05) is 0 Å². The van der Waals surface area contributed by atoms with Gasteiger partial charge in [0.1, 0.15) is 11.4 Å². The maximum atomic E-state index is 12.0. The van der Waals surface area contributed by atoms with E-state index in [1.54, 1.807) is 4.57 Å². The van der Waals surface area contributed by atoms with Gasteiger partial charge in [-0.2, -0.15) is 0 Å². The number of pyridine rings is 1. The third-order valence-electron chi connectivity index (χ3n) is 2.95.